The molecule has 3 rings (SSSR count). The van der Waals surface area contributed by atoms with Crippen LogP contribution in [-0.4, -0.2) is 5.91 Å². The third kappa shape index (κ3) is 0.920. The number of anilines is 2. The summed E-state index contributed by atoms with van der Waals surface area (Å²) in [7, 11) is 0. The van der Waals surface area contributed by atoms with Crippen molar-refractivity contribution >= 4 is 28.1 Å². The molecule has 0 aliphatic carbocycles. The van der Waals surface area contributed by atoms with E-state index in [1.807, 2.05) is 31.2 Å². The summed E-state index contributed by atoms with van der Waals surface area (Å²) in [4.78, 5) is 11.6. The molecule has 0 radical (unpaired) electrons. The Morgan fingerprint density at radius 1 is 1.13 bits per heavy atom. The first-order valence-electron chi connectivity index (χ1n) is 4.81. The summed E-state index contributed by atoms with van der Waals surface area (Å²) in [6.45, 7) is 2.00. The maximum absolute atomic E-state index is 11.6. The highest BCUT2D eigenvalue weighted by atomic mass is 16.1. The molecule has 0 unspecified atom stereocenters. The van der Waals surface area contributed by atoms with E-state index in [0.29, 0.717) is 0 Å². The van der Waals surface area contributed by atoms with E-state index in [2.05, 4.69) is 5.32 Å². The Balaban J connectivity index is 2.61. The van der Waals surface area contributed by atoms with Gasteiger partial charge in [0.2, 0.25) is 0 Å². The van der Waals surface area contributed by atoms with Crippen LogP contribution in [-0.2, 0) is 0 Å². The molecule has 0 fully saturated rings. The van der Waals surface area contributed by atoms with E-state index in [1.165, 1.54) is 0 Å². The number of hydrogen-bond acceptors (Lipinski definition) is 2. The van der Waals surface area contributed by atoms with Gasteiger partial charge in [-0.15, -0.1) is 0 Å². The summed E-state index contributed by atoms with van der Waals surface area (Å²) in [5, 5.41) is 4.78. The molecule has 15 heavy (non-hydrogen) atoms. The van der Waals surface area contributed by atoms with Crippen LogP contribution in [0.3, 0.4) is 0 Å². The van der Waals surface area contributed by atoms with Gasteiger partial charge in [0, 0.05) is 27.7 Å². The maximum Gasteiger partial charge on any atom is 0.256 e. The van der Waals surface area contributed by atoms with Crippen molar-refractivity contribution in [3.05, 3.63) is 35.4 Å². The van der Waals surface area contributed by atoms with Gasteiger partial charge in [0.25, 0.3) is 5.91 Å². The quantitative estimate of drug-likeness (QED) is 0.638. The number of amides is 1. The normalized spacial score (nSPS) is 13.3. The Morgan fingerprint density at radius 2 is 1.93 bits per heavy atom. The molecule has 3 nitrogen and oxygen atoms in total. The SMILES string of the molecule is Cc1ccc2c3c(ccc(N)c13)NC2=O. The minimum absolute atomic E-state index is 0.0411. The van der Waals surface area contributed by atoms with Gasteiger partial charge in [-0.1, -0.05) is 6.07 Å². The number of carbonyl (C=O) groups excluding carboxylic acids is 1. The van der Waals surface area contributed by atoms with E-state index in [-0.39, 0.29) is 5.91 Å². The molecule has 74 valence electrons. The van der Waals surface area contributed by atoms with Crippen molar-refractivity contribution < 1.29 is 4.79 Å². The monoisotopic (exact) mass is 198 g/mol. The van der Waals surface area contributed by atoms with Crippen molar-refractivity contribution in [2.24, 2.45) is 0 Å². The average Bonchev–Trinajstić information content (AvgIpc) is 2.52. The Bertz CT molecular complexity index is 594. The van der Waals surface area contributed by atoms with Crippen LogP contribution < -0.4 is 11.1 Å². The lowest BCUT2D eigenvalue weighted by molar-refractivity contribution is 0.103. The van der Waals surface area contributed by atoms with E-state index in [4.69, 9.17) is 5.73 Å². The van der Waals surface area contributed by atoms with E-state index < -0.39 is 0 Å². The van der Waals surface area contributed by atoms with Gasteiger partial charge in [-0.3, -0.25) is 4.79 Å². The lowest BCUT2D eigenvalue weighted by atomic mass is 9.99. The predicted molar refractivity (Wildman–Crippen MR) is 61.1 cm³/mol. The first kappa shape index (κ1) is 8.29. The first-order chi connectivity index (χ1) is 7.18. The number of nitrogens with two attached hydrogens (primary N) is 1. The summed E-state index contributed by atoms with van der Waals surface area (Å²) in [5.74, 6) is -0.0411. The molecule has 0 atom stereocenters. The van der Waals surface area contributed by atoms with Crippen molar-refractivity contribution in [3.63, 3.8) is 0 Å². The lowest BCUT2D eigenvalue weighted by Gasteiger charge is -2.06. The Hall–Kier alpha value is -2.03. The van der Waals surface area contributed by atoms with Crippen LogP contribution in [0.1, 0.15) is 15.9 Å². The van der Waals surface area contributed by atoms with Crippen LogP contribution in [0.25, 0.3) is 10.8 Å². The number of nitrogen functional groups attached to an aromatic ring is 1. The van der Waals surface area contributed by atoms with Gasteiger partial charge >= 0.3 is 0 Å². The number of rotatable bonds is 0. The van der Waals surface area contributed by atoms with Crippen LogP contribution in [0.5, 0.6) is 0 Å². The smallest absolute Gasteiger partial charge is 0.256 e. The van der Waals surface area contributed by atoms with Gasteiger partial charge in [-0.05, 0) is 30.7 Å². The Labute approximate surface area is 86.9 Å². The highest BCUT2D eigenvalue weighted by Crippen LogP contribution is 2.37. The molecule has 2 aromatic rings. The van der Waals surface area contributed by atoms with Crippen molar-refractivity contribution in [1.82, 2.24) is 0 Å². The number of carbonyl (C=O) groups is 1. The highest BCUT2D eigenvalue weighted by molar-refractivity contribution is 6.25. The van der Waals surface area contributed by atoms with E-state index >= 15 is 0 Å². The molecule has 1 heterocycles. The molecule has 1 amide bonds. The van der Waals surface area contributed by atoms with Crippen LogP contribution >= 0.6 is 0 Å². The molecule has 0 bridgehead atoms. The zero-order valence-corrected chi connectivity index (χ0v) is 8.29. The van der Waals surface area contributed by atoms with Gasteiger partial charge in [0.1, 0.15) is 0 Å². The van der Waals surface area contributed by atoms with Crippen LogP contribution in [0, 0.1) is 6.92 Å². The topological polar surface area (TPSA) is 55.1 Å². The van der Waals surface area contributed by atoms with Gasteiger partial charge in [-0.2, -0.15) is 0 Å². The van der Waals surface area contributed by atoms with Crippen molar-refractivity contribution in [3.8, 4) is 0 Å². The molecule has 0 saturated carbocycles. The Morgan fingerprint density at radius 3 is 2.73 bits per heavy atom. The maximum atomic E-state index is 11.6. The molecule has 2 aromatic carbocycles. The van der Waals surface area contributed by atoms with E-state index in [1.54, 1.807) is 0 Å². The predicted octanol–water partition coefficient (Wildman–Crippen LogP) is 2.30. The van der Waals surface area contributed by atoms with E-state index in [0.717, 1.165) is 33.3 Å². The average molecular weight is 198 g/mol. The summed E-state index contributed by atoms with van der Waals surface area (Å²) < 4.78 is 0. The van der Waals surface area contributed by atoms with Gasteiger partial charge < -0.3 is 11.1 Å². The number of benzene rings is 2. The molecule has 0 spiro atoms. The van der Waals surface area contributed by atoms with Crippen molar-refractivity contribution in [2.75, 3.05) is 11.1 Å². The molecule has 1 aliphatic rings. The molecular weight excluding hydrogens is 188 g/mol. The molecule has 0 saturated heterocycles. The summed E-state index contributed by atoms with van der Waals surface area (Å²) in [6.07, 6.45) is 0. The largest absolute Gasteiger partial charge is 0.398 e. The third-order valence-corrected chi connectivity index (χ3v) is 2.89. The zero-order valence-electron chi connectivity index (χ0n) is 8.29. The standard InChI is InChI=1S/C12H10N2O/c1-6-2-3-7-11-9(14-12(7)15)5-4-8(13)10(6)11/h2-5H,13H2,1H3,(H,14,15). The Kier molecular flexibility index (Phi) is 1.39. The highest BCUT2D eigenvalue weighted by Gasteiger charge is 2.22. The van der Waals surface area contributed by atoms with Gasteiger partial charge in [-0.25, -0.2) is 0 Å². The fourth-order valence-corrected chi connectivity index (χ4v) is 2.18. The van der Waals surface area contributed by atoms with Crippen LogP contribution in [0.4, 0.5) is 11.4 Å². The van der Waals surface area contributed by atoms with Crippen molar-refractivity contribution in [1.29, 1.82) is 0 Å². The van der Waals surface area contributed by atoms with E-state index in [9.17, 15) is 4.79 Å². The molecule has 1 aliphatic heterocycles. The molecule has 3 heteroatoms. The number of hydrogen-bond donors (Lipinski definition) is 2. The van der Waals surface area contributed by atoms with Gasteiger partial charge in [0.15, 0.2) is 0 Å². The lowest BCUT2D eigenvalue weighted by Crippen LogP contribution is -2.03. The second kappa shape index (κ2) is 2.51. The van der Waals surface area contributed by atoms with Crippen molar-refractivity contribution in [2.45, 2.75) is 6.92 Å². The third-order valence-electron chi connectivity index (χ3n) is 2.89. The molecule has 0 aromatic heterocycles. The fraction of sp³-hybridized carbons (Fsp3) is 0.0833. The number of aryl methyl sites for hydroxylation is 1. The molecular formula is C12H10N2O. The van der Waals surface area contributed by atoms with Crippen LogP contribution in [0.2, 0.25) is 0 Å². The van der Waals surface area contributed by atoms with Crippen LogP contribution in [0.15, 0.2) is 24.3 Å². The molecule has 3 N–H and O–H groups in total. The first-order valence-corrected chi connectivity index (χ1v) is 4.81. The fourth-order valence-electron chi connectivity index (χ4n) is 2.18. The zero-order chi connectivity index (χ0) is 10.6. The number of nitrogens with one attached hydrogen (secondary N) is 1. The second-order valence-corrected chi connectivity index (χ2v) is 3.84. The minimum atomic E-state index is -0.0411. The minimum Gasteiger partial charge on any atom is -0.398 e. The summed E-state index contributed by atoms with van der Waals surface area (Å²) >= 11 is 0. The van der Waals surface area contributed by atoms with Gasteiger partial charge in [0.05, 0.1) is 0 Å². The summed E-state index contributed by atoms with van der Waals surface area (Å²) in [6, 6.07) is 7.47. The summed E-state index contributed by atoms with van der Waals surface area (Å²) in [5.41, 5.74) is 9.34. The second-order valence-electron chi connectivity index (χ2n) is 3.84.